The van der Waals surface area contributed by atoms with Gasteiger partial charge in [0.1, 0.15) is 0 Å². The number of anilines is 1. The van der Waals surface area contributed by atoms with Gasteiger partial charge in [0.2, 0.25) is 0 Å². The molecule has 1 rings (SSSR count). The van der Waals surface area contributed by atoms with Gasteiger partial charge >= 0.3 is 5.91 Å². The molecule has 1 N–H and O–H groups in total. The van der Waals surface area contributed by atoms with E-state index in [1.165, 1.54) is 30.3 Å². The topological polar surface area (TPSA) is 96.0 Å². The fraction of sp³-hybridized carbons (Fsp3) is 0. The van der Waals surface area contributed by atoms with Crippen LogP contribution in [0.3, 0.4) is 0 Å². The lowest BCUT2D eigenvalue weighted by molar-refractivity contribution is -0.384. The monoisotopic (exact) mass is 191 g/mol. The van der Waals surface area contributed by atoms with Gasteiger partial charge in [0.15, 0.2) is 6.07 Å². The van der Waals surface area contributed by atoms with Gasteiger partial charge < -0.3 is 5.32 Å². The Labute approximate surface area is 78.9 Å². The molecule has 0 aromatic heterocycles. The molecule has 6 nitrogen and oxygen atoms in total. The number of nitriles is 1. The van der Waals surface area contributed by atoms with Crippen molar-refractivity contribution in [1.82, 2.24) is 0 Å². The molecule has 0 radical (unpaired) electrons. The molecule has 0 aliphatic carbocycles. The highest BCUT2D eigenvalue weighted by atomic mass is 16.6. The Hall–Kier alpha value is -2.42. The molecule has 6 heteroatoms. The van der Waals surface area contributed by atoms with Crippen LogP contribution in [0.25, 0.3) is 0 Å². The minimum atomic E-state index is -0.807. The lowest BCUT2D eigenvalue weighted by atomic mass is 10.3. The van der Waals surface area contributed by atoms with Crippen LogP contribution < -0.4 is 5.32 Å². The number of rotatable bonds is 2. The van der Waals surface area contributed by atoms with E-state index in [9.17, 15) is 14.9 Å². The van der Waals surface area contributed by atoms with E-state index in [0.29, 0.717) is 5.69 Å². The number of amides is 1. The number of nitrogens with one attached hydrogen (secondary N) is 1. The molecule has 1 aromatic rings. The minimum Gasteiger partial charge on any atom is -0.313 e. The second kappa shape index (κ2) is 4.00. The van der Waals surface area contributed by atoms with E-state index < -0.39 is 10.8 Å². The lowest BCUT2D eigenvalue weighted by Crippen LogP contribution is -2.07. The van der Waals surface area contributed by atoms with E-state index in [-0.39, 0.29) is 5.69 Å². The quantitative estimate of drug-likeness (QED) is 0.429. The van der Waals surface area contributed by atoms with E-state index >= 15 is 0 Å². The maximum atomic E-state index is 10.6. The summed E-state index contributed by atoms with van der Waals surface area (Å²) in [4.78, 5) is 20.3. The van der Waals surface area contributed by atoms with Gasteiger partial charge in [0.25, 0.3) is 5.69 Å². The van der Waals surface area contributed by atoms with E-state index in [1.54, 1.807) is 0 Å². The summed E-state index contributed by atoms with van der Waals surface area (Å²) in [6, 6.07) is 6.56. The third-order valence-corrected chi connectivity index (χ3v) is 1.44. The van der Waals surface area contributed by atoms with Crippen LogP contribution in [0.1, 0.15) is 0 Å². The number of non-ortho nitro benzene ring substituents is 1. The van der Waals surface area contributed by atoms with Crippen molar-refractivity contribution in [3.8, 4) is 6.07 Å². The van der Waals surface area contributed by atoms with E-state index in [4.69, 9.17) is 5.26 Å². The second-order valence-electron chi connectivity index (χ2n) is 2.37. The first kappa shape index (κ1) is 9.67. The van der Waals surface area contributed by atoms with Crippen molar-refractivity contribution in [2.75, 3.05) is 5.32 Å². The normalized spacial score (nSPS) is 8.79. The number of hydrogen-bond donors (Lipinski definition) is 1. The van der Waals surface area contributed by atoms with Gasteiger partial charge in [-0.05, 0) is 12.1 Å². The molecule has 14 heavy (non-hydrogen) atoms. The van der Waals surface area contributed by atoms with Crippen molar-refractivity contribution in [2.45, 2.75) is 0 Å². The van der Waals surface area contributed by atoms with Gasteiger partial charge in [-0.3, -0.25) is 14.9 Å². The number of nitro benzene ring substituents is 1. The van der Waals surface area contributed by atoms with E-state index in [2.05, 4.69) is 5.32 Å². The molecule has 0 saturated heterocycles. The number of carbonyl (C=O) groups excluding carboxylic acids is 1. The zero-order valence-corrected chi connectivity index (χ0v) is 6.93. The van der Waals surface area contributed by atoms with Gasteiger partial charge in [-0.25, -0.2) is 0 Å². The average molecular weight is 191 g/mol. The van der Waals surface area contributed by atoms with Crippen molar-refractivity contribution in [3.63, 3.8) is 0 Å². The van der Waals surface area contributed by atoms with Crippen LogP contribution in [0.5, 0.6) is 0 Å². The van der Waals surface area contributed by atoms with Gasteiger partial charge in [0.05, 0.1) is 4.92 Å². The first-order valence-electron chi connectivity index (χ1n) is 3.59. The average Bonchev–Trinajstić information content (AvgIpc) is 2.18. The summed E-state index contributed by atoms with van der Waals surface area (Å²) in [6.07, 6.45) is 0. The molecule has 1 aromatic carbocycles. The molecule has 0 aliphatic heterocycles. The molecule has 0 saturated carbocycles. The molecule has 0 atom stereocenters. The molecule has 1 amide bonds. The zero-order valence-electron chi connectivity index (χ0n) is 6.93. The first-order chi connectivity index (χ1) is 6.63. The van der Waals surface area contributed by atoms with E-state index in [0.717, 1.165) is 0 Å². The highest BCUT2D eigenvalue weighted by Gasteiger charge is 2.04. The van der Waals surface area contributed by atoms with Crippen LogP contribution in [-0.2, 0) is 4.79 Å². The first-order valence-corrected chi connectivity index (χ1v) is 3.59. The van der Waals surface area contributed by atoms with Gasteiger partial charge in [-0.1, -0.05) is 0 Å². The Kier molecular flexibility index (Phi) is 2.76. The van der Waals surface area contributed by atoms with Crippen LogP contribution in [0.4, 0.5) is 11.4 Å². The van der Waals surface area contributed by atoms with Crippen LogP contribution in [-0.4, -0.2) is 10.8 Å². The molecular formula is C8H5N3O3. The van der Waals surface area contributed by atoms with Gasteiger partial charge in [-0.2, -0.15) is 5.26 Å². The number of benzene rings is 1. The molecule has 0 unspecified atom stereocenters. The smallest absolute Gasteiger partial charge is 0.313 e. The SMILES string of the molecule is N#CC(=O)Nc1ccc([N+](=O)[O-])cc1. The number of nitrogens with zero attached hydrogens (tertiary/aromatic N) is 2. The minimum absolute atomic E-state index is 0.0695. The van der Waals surface area contributed by atoms with Crippen molar-refractivity contribution in [3.05, 3.63) is 34.4 Å². The summed E-state index contributed by atoms with van der Waals surface area (Å²) in [5.74, 6) is -0.807. The fourth-order valence-corrected chi connectivity index (χ4v) is 0.826. The maximum absolute atomic E-state index is 10.6. The Morgan fingerprint density at radius 3 is 2.43 bits per heavy atom. The van der Waals surface area contributed by atoms with Crippen LogP contribution in [0, 0.1) is 21.4 Å². The largest absolute Gasteiger partial charge is 0.326 e. The number of carbonyl (C=O) groups is 1. The summed E-state index contributed by atoms with van der Waals surface area (Å²) < 4.78 is 0. The Morgan fingerprint density at radius 1 is 1.43 bits per heavy atom. The molecule has 0 fully saturated rings. The van der Waals surface area contributed by atoms with Crippen molar-refractivity contribution >= 4 is 17.3 Å². The second-order valence-corrected chi connectivity index (χ2v) is 2.37. The third kappa shape index (κ3) is 2.28. The molecule has 0 spiro atoms. The summed E-state index contributed by atoms with van der Waals surface area (Å²) in [6.45, 7) is 0. The van der Waals surface area contributed by atoms with Gasteiger partial charge in [0, 0.05) is 17.8 Å². The summed E-state index contributed by atoms with van der Waals surface area (Å²) in [7, 11) is 0. The molecule has 0 bridgehead atoms. The summed E-state index contributed by atoms with van der Waals surface area (Å²) in [5.41, 5.74) is 0.280. The van der Waals surface area contributed by atoms with Crippen LogP contribution in [0.2, 0.25) is 0 Å². The Balaban J connectivity index is 2.80. The predicted molar refractivity (Wildman–Crippen MR) is 47.3 cm³/mol. The standard InChI is InChI=1S/C8H5N3O3/c9-5-8(12)10-6-1-3-7(4-2-6)11(13)14/h1-4H,(H,10,12). The Morgan fingerprint density at radius 2 is 2.00 bits per heavy atom. The highest BCUT2D eigenvalue weighted by Crippen LogP contribution is 2.14. The number of hydrogen-bond acceptors (Lipinski definition) is 4. The maximum Gasteiger partial charge on any atom is 0.326 e. The van der Waals surface area contributed by atoms with Crippen LogP contribution in [0.15, 0.2) is 24.3 Å². The zero-order chi connectivity index (χ0) is 10.6. The summed E-state index contributed by atoms with van der Waals surface area (Å²) >= 11 is 0. The molecule has 0 heterocycles. The summed E-state index contributed by atoms with van der Waals surface area (Å²) in [5, 5.41) is 20.7. The van der Waals surface area contributed by atoms with Gasteiger partial charge in [-0.15, -0.1) is 0 Å². The van der Waals surface area contributed by atoms with Crippen LogP contribution >= 0.6 is 0 Å². The molecule has 0 aliphatic rings. The lowest BCUT2D eigenvalue weighted by Gasteiger charge is -1.98. The van der Waals surface area contributed by atoms with Crippen molar-refractivity contribution in [2.24, 2.45) is 0 Å². The highest BCUT2D eigenvalue weighted by molar-refractivity contribution is 6.02. The molecule has 70 valence electrons. The number of nitro groups is 1. The van der Waals surface area contributed by atoms with Crippen molar-refractivity contribution in [1.29, 1.82) is 5.26 Å². The van der Waals surface area contributed by atoms with Crippen molar-refractivity contribution < 1.29 is 9.72 Å². The predicted octanol–water partition coefficient (Wildman–Crippen LogP) is 1.06. The molecular weight excluding hydrogens is 186 g/mol. The fourth-order valence-electron chi connectivity index (χ4n) is 0.826. The third-order valence-electron chi connectivity index (χ3n) is 1.44. The Bertz CT molecular complexity index is 405. The van der Waals surface area contributed by atoms with E-state index in [1.807, 2.05) is 0 Å².